The Bertz CT molecular complexity index is 1270. The summed E-state index contributed by atoms with van der Waals surface area (Å²) in [4.78, 5) is 12.5. The minimum Gasteiger partial charge on any atom is -0.394 e. The highest BCUT2D eigenvalue weighted by Crippen LogP contribution is 2.16. The number of allylic oxidation sites excluding steroid dienone is 17. The third kappa shape index (κ3) is 52.0. The van der Waals surface area contributed by atoms with Gasteiger partial charge >= 0.3 is 0 Å². The molecule has 0 aliphatic carbocycles. The van der Waals surface area contributed by atoms with Crippen LogP contribution in [0.5, 0.6) is 0 Å². The lowest BCUT2D eigenvalue weighted by Crippen LogP contribution is -2.45. The van der Waals surface area contributed by atoms with Gasteiger partial charge in [-0.3, -0.25) is 4.79 Å². The van der Waals surface area contributed by atoms with Crippen LogP contribution >= 0.6 is 0 Å². The van der Waals surface area contributed by atoms with E-state index in [2.05, 4.69) is 116 Å². The minimum absolute atomic E-state index is 0.108. The molecule has 0 saturated carbocycles. The van der Waals surface area contributed by atoms with Gasteiger partial charge in [0.1, 0.15) is 0 Å². The van der Waals surface area contributed by atoms with Gasteiger partial charge in [-0.25, -0.2) is 0 Å². The van der Waals surface area contributed by atoms with E-state index in [1.807, 2.05) is 6.08 Å². The van der Waals surface area contributed by atoms with Crippen molar-refractivity contribution in [3.63, 3.8) is 0 Å². The zero-order valence-electron chi connectivity index (χ0n) is 43.4. The molecule has 0 aromatic rings. The summed E-state index contributed by atoms with van der Waals surface area (Å²) in [6.07, 6.45) is 85.4. The zero-order valence-corrected chi connectivity index (χ0v) is 43.4. The number of hydrogen-bond acceptors (Lipinski definition) is 3. The maximum atomic E-state index is 12.5. The van der Waals surface area contributed by atoms with Crippen LogP contribution < -0.4 is 5.32 Å². The quantitative estimate of drug-likeness (QED) is 0.0421. The topological polar surface area (TPSA) is 69.6 Å². The standard InChI is InChI=1S/C62H107NO3/c1-3-5-7-9-11-13-15-17-19-21-23-25-27-29-30-31-32-34-35-37-39-41-43-45-47-49-51-53-55-57-61(65)60(59-64)63-62(66)58-56-54-52-50-48-46-44-42-40-38-36-33-28-26-24-22-20-18-16-14-12-10-8-6-4-2/h6,8,12,14,18,20,24,26,33,36,40,42,46-49,55,57,60-61,64-65H,3-5,7,9-11,13,15-17,19,21-23,25,27-32,34-35,37-39,41,43-45,50-54,56,58-59H2,1-2H3,(H,63,66)/b8-6-,14-12-,20-18-,26-24-,36-33-,42-40-,48-46-,49-47+,57-55+. The first-order valence-electron chi connectivity index (χ1n) is 28.1. The molecule has 0 aliphatic rings. The fraction of sp³-hybridized carbons (Fsp3) is 0.694. The van der Waals surface area contributed by atoms with Gasteiger partial charge in [-0.15, -0.1) is 0 Å². The number of carbonyl (C=O) groups excluding carboxylic acids is 1. The number of aliphatic hydroxyl groups excluding tert-OH is 2. The van der Waals surface area contributed by atoms with E-state index in [1.54, 1.807) is 6.08 Å². The Balaban J connectivity index is 3.64. The van der Waals surface area contributed by atoms with Gasteiger partial charge in [0, 0.05) is 6.42 Å². The maximum absolute atomic E-state index is 12.5. The van der Waals surface area contributed by atoms with E-state index < -0.39 is 12.1 Å². The van der Waals surface area contributed by atoms with Crippen molar-refractivity contribution in [3.05, 3.63) is 109 Å². The van der Waals surface area contributed by atoms with Crippen molar-refractivity contribution >= 4 is 5.91 Å². The summed E-state index contributed by atoms with van der Waals surface area (Å²) in [7, 11) is 0. The Hall–Kier alpha value is -2.95. The Morgan fingerprint density at radius 2 is 0.682 bits per heavy atom. The second-order valence-electron chi connectivity index (χ2n) is 18.6. The van der Waals surface area contributed by atoms with Gasteiger partial charge in [0.25, 0.3) is 0 Å². The van der Waals surface area contributed by atoms with Crippen LogP contribution in [0.3, 0.4) is 0 Å². The first kappa shape index (κ1) is 63.0. The third-order valence-electron chi connectivity index (χ3n) is 12.2. The Morgan fingerprint density at radius 1 is 0.379 bits per heavy atom. The summed E-state index contributed by atoms with van der Waals surface area (Å²) in [6, 6.07) is -0.667. The second-order valence-corrected chi connectivity index (χ2v) is 18.6. The number of rotatable bonds is 50. The molecule has 0 aromatic heterocycles. The molecule has 0 fully saturated rings. The normalized spacial score (nSPS) is 13.7. The van der Waals surface area contributed by atoms with Crippen molar-refractivity contribution in [2.45, 2.75) is 270 Å². The van der Waals surface area contributed by atoms with Crippen LogP contribution in [0.2, 0.25) is 0 Å². The lowest BCUT2D eigenvalue weighted by atomic mass is 10.0. The summed E-state index contributed by atoms with van der Waals surface area (Å²) < 4.78 is 0. The van der Waals surface area contributed by atoms with Crippen molar-refractivity contribution in [2.24, 2.45) is 0 Å². The molecule has 0 rings (SSSR count). The molecule has 2 atom stereocenters. The van der Waals surface area contributed by atoms with Gasteiger partial charge in [-0.1, -0.05) is 271 Å². The minimum atomic E-state index is -0.886. The average molecular weight is 915 g/mol. The van der Waals surface area contributed by atoms with Crippen LogP contribution in [0.1, 0.15) is 258 Å². The number of aliphatic hydroxyl groups is 2. The predicted octanol–water partition coefficient (Wildman–Crippen LogP) is 18.7. The van der Waals surface area contributed by atoms with Crippen molar-refractivity contribution < 1.29 is 15.0 Å². The lowest BCUT2D eigenvalue weighted by molar-refractivity contribution is -0.123. The number of carbonyl (C=O) groups is 1. The Labute approximate surface area is 410 Å². The van der Waals surface area contributed by atoms with E-state index in [1.165, 1.54) is 148 Å². The van der Waals surface area contributed by atoms with Crippen LogP contribution in [0, 0.1) is 0 Å². The molecule has 1 amide bonds. The maximum Gasteiger partial charge on any atom is 0.220 e. The predicted molar refractivity (Wildman–Crippen MR) is 294 cm³/mol. The molecule has 0 heterocycles. The molecule has 3 N–H and O–H groups in total. The number of unbranched alkanes of at least 4 members (excludes halogenated alkanes) is 27. The molecule has 66 heavy (non-hydrogen) atoms. The molecule has 0 saturated heterocycles. The first-order chi connectivity index (χ1) is 32.7. The summed E-state index contributed by atoms with van der Waals surface area (Å²) in [5, 5.41) is 23.1. The molecular formula is C62H107NO3. The van der Waals surface area contributed by atoms with E-state index in [-0.39, 0.29) is 12.5 Å². The van der Waals surface area contributed by atoms with Crippen LogP contribution in [0.4, 0.5) is 0 Å². The second kappa shape index (κ2) is 56.4. The van der Waals surface area contributed by atoms with Gasteiger partial charge in [0.15, 0.2) is 0 Å². The molecular weight excluding hydrogens is 807 g/mol. The molecule has 4 nitrogen and oxygen atoms in total. The van der Waals surface area contributed by atoms with Crippen molar-refractivity contribution in [1.29, 1.82) is 0 Å². The molecule has 2 unspecified atom stereocenters. The van der Waals surface area contributed by atoms with Crippen molar-refractivity contribution in [1.82, 2.24) is 5.32 Å². The van der Waals surface area contributed by atoms with Gasteiger partial charge in [0.05, 0.1) is 18.8 Å². The zero-order chi connectivity index (χ0) is 47.7. The third-order valence-corrected chi connectivity index (χ3v) is 12.2. The number of amides is 1. The fourth-order valence-electron chi connectivity index (χ4n) is 8.00. The fourth-order valence-corrected chi connectivity index (χ4v) is 8.00. The largest absolute Gasteiger partial charge is 0.394 e. The molecule has 0 aromatic carbocycles. The van der Waals surface area contributed by atoms with E-state index in [4.69, 9.17) is 0 Å². The number of hydrogen-bond donors (Lipinski definition) is 3. The molecule has 4 heteroatoms. The van der Waals surface area contributed by atoms with E-state index in [9.17, 15) is 15.0 Å². The Morgan fingerprint density at radius 3 is 1.06 bits per heavy atom. The Kier molecular flexibility index (Phi) is 53.9. The molecule has 378 valence electrons. The van der Waals surface area contributed by atoms with Gasteiger partial charge in [-0.05, 0) is 89.9 Å². The van der Waals surface area contributed by atoms with Crippen LogP contribution in [-0.2, 0) is 4.79 Å². The number of nitrogens with one attached hydrogen (secondary N) is 1. The monoisotopic (exact) mass is 914 g/mol. The molecule has 0 aliphatic heterocycles. The first-order valence-corrected chi connectivity index (χ1v) is 28.1. The van der Waals surface area contributed by atoms with Gasteiger partial charge < -0.3 is 15.5 Å². The summed E-state index contributed by atoms with van der Waals surface area (Å²) >= 11 is 0. The molecule has 0 bridgehead atoms. The van der Waals surface area contributed by atoms with Crippen LogP contribution in [-0.4, -0.2) is 34.9 Å². The van der Waals surface area contributed by atoms with Crippen molar-refractivity contribution in [3.8, 4) is 0 Å². The average Bonchev–Trinajstić information content (AvgIpc) is 3.32. The van der Waals surface area contributed by atoms with Gasteiger partial charge in [0.2, 0.25) is 5.91 Å². The highest BCUT2D eigenvalue weighted by Gasteiger charge is 2.17. The van der Waals surface area contributed by atoms with E-state index in [0.717, 1.165) is 89.9 Å². The highest BCUT2D eigenvalue weighted by atomic mass is 16.3. The van der Waals surface area contributed by atoms with Crippen molar-refractivity contribution in [2.75, 3.05) is 6.61 Å². The van der Waals surface area contributed by atoms with E-state index >= 15 is 0 Å². The molecule has 0 spiro atoms. The lowest BCUT2D eigenvalue weighted by Gasteiger charge is -2.19. The highest BCUT2D eigenvalue weighted by molar-refractivity contribution is 5.76. The summed E-state index contributed by atoms with van der Waals surface area (Å²) in [5.74, 6) is -0.108. The molecule has 0 radical (unpaired) electrons. The smallest absolute Gasteiger partial charge is 0.220 e. The SMILES string of the molecule is CC/C=C\C/C=C\C/C=C\C/C=C\C/C=C\C/C=C\C/C=C\CCCCCC(=O)NC(CO)C(O)/C=C/CC/C=C/CCCCCCCCCCCCCCCCCCCCCCCCC. The van der Waals surface area contributed by atoms with Gasteiger partial charge in [-0.2, -0.15) is 0 Å². The van der Waals surface area contributed by atoms with E-state index in [0.29, 0.717) is 6.42 Å². The van der Waals surface area contributed by atoms with Crippen LogP contribution in [0.25, 0.3) is 0 Å². The summed E-state index contributed by atoms with van der Waals surface area (Å²) in [6.45, 7) is 4.18. The van der Waals surface area contributed by atoms with Crippen LogP contribution in [0.15, 0.2) is 109 Å². The summed E-state index contributed by atoms with van der Waals surface area (Å²) in [5.41, 5.74) is 0.